The molecule has 2 heterocycles. The van der Waals surface area contributed by atoms with Gasteiger partial charge in [-0.1, -0.05) is 53.7 Å². The van der Waals surface area contributed by atoms with Gasteiger partial charge in [0.1, 0.15) is 11.5 Å². The third-order valence-electron chi connectivity index (χ3n) is 5.55. The van der Waals surface area contributed by atoms with Gasteiger partial charge < -0.3 is 15.0 Å². The number of rotatable bonds is 7. The van der Waals surface area contributed by atoms with E-state index in [-0.39, 0.29) is 30.0 Å². The van der Waals surface area contributed by atoms with Gasteiger partial charge in [0.25, 0.3) is 5.91 Å². The van der Waals surface area contributed by atoms with E-state index >= 15 is 0 Å². The average Bonchev–Trinajstić information content (AvgIpc) is 3.47. The second-order valence-electron chi connectivity index (χ2n) is 8.07. The number of benzene rings is 3. The Morgan fingerprint density at radius 1 is 0.941 bits per heavy atom. The molecule has 1 saturated heterocycles. The number of carbonyl (C=O) groups is 2. The Balaban J connectivity index is 1.18. The fourth-order valence-corrected chi connectivity index (χ4v) is 3.88. The Hall–Kier alpha value is -4.46. The van der Waals surface area contributed by atoms with Crippen molar-refractivity contribution in [2.24, 2.45) is 0 Å². The van der Waals surface area contributed by atoms with Crippen molar-refractivity contribution in [2.75, 3.05) is 11.4 Å². The van der Waals surface area contributed by atoms with Crippen LogP contribution in [0.3, 0.4) is 0 Å². The van der Waals surface area contributed by atoms with Crippen molar-refractivity contribution in [1.82, 2.24) is 20.3 Å². The van der Waals surface area contributed by atoms with Crippen LogP contribution in [0.4, 0.5) is 5.69 Å². The van der Waals surface area contributed by atoms with Gasteiger partial charge in [0.15, 0.2) is 5.69 Å². The minimum absolute atomic E-state index is 0.0465. The molecule has 0 spiro atoms. The Bertz CT molecular complexity index is 1270. The molecule has 4 aromatic rings. The van der Waals surface area contributed by atoms with Crippen molar-refractivity contribution in [1.29, 1.82) is 0 Å². The molecule has 1 atom stereocenters. The average molecular weight is 454 g/mol. The Morgan fingerprint density at radius 3 is 2.35 bits per heavy atom. The topological polar surface area (TPSA) is 89.4 Å². The molecule has 1 aromatic heterocycles. The molecule has 8 nitrogen and oxygen atoms in total. The van der Waals surface area contributed by atoms with Gasteiger partial charge in [0.05, 0.1) is 18.8 Å². The lowest BCUT2D eigenvalue weighted by molar-refractivity contribution is -0.117. The van der Waals surface area contributed by atoms with Crippen molar-refractivity contribution in [2.45, 2.75) is 19.0 Å². The molecule has 1 N–H and O–H groups in total. The molecule has 1 fully saturated rings. The normalized spacial score (nSPS) is 15.4. The summed E-state index contributed by atoms with van der Waals surface area (Å²) in [4.78, 5) is 26.9. The lowest BCUT2D eigenvalue weighted by Crippen LogP contribution is -2.37. The van der Waals surface area contributed by atoms with Gasteiger partial charge in [0.2, 0.25) is 5.91 Å². The lowest BCUT2D eigenvalue weighted by Gasteiger charge is -2.17. The summed E-state index contributed by atoms with van der Waals surface area (Å²) in [5.41, 5.74) is 2.05. The first-order valence-corrected chi connectivity index (χ1v) is 11.0. The molecule has 1 aliphatic rings. The first-order valence-electron chi connectivity index (χ1n) is 11.0. The molecule has 170 valence electrons. The van der Waals surface area contributed by atoms with Crippen LogP contribution >= 0.6 is 0 Å². The van der Waals surface area contributed by atoms with E-state index in [4.69, 9.17) is 4.74 Å². The van der Waals surface area contributed by atoms with Crippen molar-refractivity contribution in [3.8, 4) is 11.5 Å². The predicted octanol–water partition coefficient (Wildman–Crippen LogP) is 3.65. The second-order valence-corrected chi connectivity index (χ2v) is 8.07. The van der Waals surface area contributed by atoms with Crippen LogP contribution < -0.4 is 15.0 Å². The highest BCUT2D eigenvalue weighted by Gasteiger charge is 2.32. The maximum atomic E-state index is 12.7. The second kappa shape index (κ2) is 9.58. The molecule has 0 bridgehead atoms. The summed E-state index contributed by atoms with van der Waals surface area (Å²) in [5.74, 6) is 1.04. The van der Waals surface area contributed by atoms with Gasteiger partial charge in [-0.25, -0.2) is 4.68 Å². The quantitative estimate of drug-likeness (QED) is 0.461. The largest absolute Gasteiger partial charge is 0.457 e. The molecule has 2 amide bonds. The van der Waals surface area contributed by atoms with Crippen LogP contribution in [-0.2, 0) is 11.3 Å². The van der Waals surface area contributed by atoms with Crippen LogP contribution in [0.25, 0.3) is 0 Å². The van der Waals surface area contributed by atoms with E-state index in [1.54, 1.807) is 15.8 Å². The van der Waals surface area contributed by atoms with Crippen molar-refractivity contribution in [3.05, 3.63) is 102 Å². The number of hydrogen-bond acceptors (Lipinski definition) is 5. The molecule has 0 saturated carbocycles. The van der Waals surface area contributed by atoms with Crippen molar-refractivity contribution >= 4 is 17.5 Å². The summed E-state index contributed by atoms with van der Waals surface area (Å²) in [5, 5.41) is 10.9. The monoisotopic (exact) mass is 453 g/mol. The molecular weight excluding hydrogens is 430 g/mol. The molecule has 1 aliphatic heterocycles. The van der Waals surface area contributed by atoms with E-state index in [0.717, 1.165) is 17.0 Å². The highest BCUT2D eigenvalue weighted by atomic mass is 16.5. The summed E-state index contributed by atoms with van der Waals surface area (Å²) in [6.07, 6.45) is 1.84. The van der Waals surface area contributed by atoms with Gasteiger partial charge in [0, 0.05) is 18.7 Å². The van der Waals surface area contributed by atoms with Gasteiger partial charge in [-0.2, -0.15) is 0 Å². The Kier molecular flexibility index (Phi) is 6.03. The van der Waals surface area contributed by atoms with E-state index in [2.05, 4.69) is 15.6 Å². The lowest BCUT2D eigenvalue weighted by atomic mass is 10.2. The molecule has 0 aliphatic carbocycles. The summed E-state index contributed by atoms with van der Waals surface area (Å²) < 4.78 is 7.43. The van der Waals surface area contributed by atoms with Gasteiger partial charge in [-0.15, -0.1) is 5.10 Å². The fourth-order valence-electron chi connectivity index (χ4n) is 3.88. The fraction of sp³-hybridized carbons (Fsp3) is 0.154. The van der Waals surface area contributed by atoms with Crippen LogP contribution in [0.2, 0.25) is 0 Å². The van der Waals surface area contributed by atoms with Crippen LogP contribution in [0.15, 0.2) is 91.1 Å². The number of hydrogen-bond donors (Lipinski definition) is 1. The van der Waals surface area contributed by atoms with E-state index in [1.807, 2.05) is 84.9 Å². The van der Waals surface area contributed by atoms with Gasteiger partial charge in [-0.05, 0) is 42.0 Å². The molecule has 34 heavy (non-hydrogen) atoms. The molecule has 3 aromatic carbocycles. The summed E-state index contributed by atoms with van der Waals surface area (Å²) in [7, 11) is 0. The number of aromatic nitrogens is 3. The predicted molar refractivity (Wildman–Crippen MR) is 127 cm³/mol. The zero-order valence-corrected chi connectivity index (χ0v) is 18.4. The van der Waals surface area contributed by atoms with E-state index < -0.39 is 0 Å². The summed E-state index contributed by atoms with van der Waals surface area (Å²) >= 11 is 0. The smallest absolute Gasteiger partial charge is 0.273 e. The first-order chi connectivity index (χ1) is 16.6. The van der Waals surface area contributed by atoms with Crippen molar-refractivity contribution < 1.29 is 14.3 Å². The SMILES string of the molecule is O=C(NC1CC(=O)N(c2ccc(Oc3ccccc3)cc2)C1)c1cn(Cc2ccccc2)nn1. The van der Waals surface area contributed by atoms with E-state index in [1.165, 1.54) is 0 Å². The third-order valence-corrected chi connectivity index (χ3v) is 5.55. The standard InChI is InChI=1S/C26H23N5O3/c32-25-15-20(27-26(33)24-18-30(29-28-24)16-19-7-3-1-4-8-19)17-31(25)21-11-13-23(14-12-21)34-22-9-5-2-6-10-22/h1-14,18,20H,15-17H2,(H,27,33). The van der Waals surface area contributed by atoms with Gasteiger partial charge in [-0.3, -0.25) is 9.59 Å². The van der Waals surface area contributed by atoms with Crippen LogP contribution in [0.1, 0.15) is 22.5 Å². The minimum Gasteiger partial charge on any atom is -0.457 e. The molecule has 1 unspecified atom stereocenters. The first kappa shape index (κ1) is 21.4. The highest BCUT2D eigenvalue weighted by Crippen LogP contribution is 2.27. The van der Waals surface area contributed by atoms with E-state index in [0.29, 0.717) is 18.8 Å². The van der Waals surface area contributed by atoms with Gasteiger partial charge >= 0.3 is 0 Å². The number of ether oxygens (including phenoxy) is 1. The van der Waals surface area contributed by atoms with Crippen molar-refractivity contribution in [3.63, 3.8) is 0 Å². The maximum Gasteiger partial charge on any atom is 0.273 e. The number of nitrogens with zero attached hydrogens (tertiary/aromatic N) is 4. The van der Waals surface area contributed by atoms with E-state index in [9.17, 15) is 9.59 Å². The highest BCUT2D eigenvalue weighted by molar-refractivity contribution is 5.98. The molecular formula is C26H23N5O3. The van der Waals surface area contributed by atoms with Crippen LogP contribution in [0, 0.1) is 0 Å². The summed E-state index contributed by atoms with van der Waals surface area (Å²) in [6, 6.07) is 26.4. The molecule has 0 radical (unpaired) electrons. The zero-order chi connectivity index (χ0) is 23.3. The van der Waals surface area contributed by atoms with Crippen LogP contribution in [-0.4, -0.2) is 39.4 Å². The summed E-state index contributed by atoms with van der Waals surface area (Å²) in [6.45, 7) is 0.919. The zero-order valence-electron chi connectivity index (χ0n) is 18.4. The number of amides is 2. The number of carbonyl (C=O) groups excluding carboxylic acids is 2. The third kappa shape index (κ3) is 4.96. The maximum absolute atomic E-state index is 12.7. The molecule has 8 heteroatoms. The molecule has 5 rings (SSSR count). The number of para-hydroxylation sites is 1. The minimum atomic E-state index is -0.342. The Labute approximate surface area is 196 Å². The Morgan fingerprint density at radius 2 is 1.62 bits per heavy atom. The number of anilines is 1. The van der Waals surface area contributed by atoms with Crippen LogP contribution in [0.5, 0.6) is 11.5 Å². The number of nitrogens with one attached hydrogen (secondary N) is 1.